The van der Waals surface area contributed by atoms with Gasteiger partial charge >= 0.3 is 0 Å². The number of methoxy groups -OCH3 is 1. The molecule has 0 aliphatic heterocycles. The topological polar surface area (TPSA) is 34.2 Å². The van der Waals surface area contributed by atoms with Gasteiger partial charge in [0, 0.05) is 19.0 Å². The lowest BCUT2D eigenvalue weighted by Crippen LogP contribution is -2.26. The maximum absolute atomic E-state index is 13.3. The molecule has 1 aliphatic carbocycles. The summed E-state index contributed by atoms with van der Waals surface area (Å²) < 4.78 is 31.9. The summed E-state index contributed by atoms with van der Waals surface area (Å²) in [6.45, 7) is 0. The van der Waals surface area contributed by atoms with Crippen LogP contribution < -0.4 is 10.1 Å². The van der Waals surface area contributed by atoms with Crippen molar-refractivity contribution in [2.24, 2.45) is 5.92 Å². The van der Waals surface area contributed by atoms with Gasteiger partial charge in [-0.15, -0.1) is 0 Å². The van der Waals surface area contributed by atoms with Crippen LogP contribution in [0.2, 0.25) is 0 Å². The molecular weight excluding hydrogens is 238 g/mol. The number of nitrogens with one attached hydrogen (secondary N) is 1. The van der Waals surface area contributed by atoms with E-state index in [9.17, 15) is 8.78 Å². The zero-order valence-electron chi connectivity index (χ0n) is 10.6. The zero-order chi connectivity index (χ0) is 13.2. The fourth-order valence-corrected chi connectivity index (χ4v) is 2.67. The molecule has 5 heteroatoms. The highest BCUT2D eigenvalue weighted by Crippen LogP contribution is 2.45. The molecule has 0 radical (unpaired) electrons. The van der Waals surface area contributed by atoms with Crippen LogP contribution in [0.15, 0.2) is 18.3 Å². The second-order valence-electron chi connectivity index (χ2n) is 4.72. The summed E-state index contributed by atoms with van der Waals surface area (Å²) >= 11 is 0. The van der Waals surface area contributed by atoms with Gasteiger partial charge in [0.05, 0.1) is 18.8 Å². The Morgan fingerprint density at radius 3 is 2.89 bits per heavy atom. The number of nitrogens with zero attached hydrogens (tertiary/aromatic N) is 1. The first-order chi connectivity index (χ1) is 8.57. The molecule has 0 aromatic carbocycles. The Morgan fingerprint density at radius 2 is 2.33 bits per heavy atom. The van der Waals surface area contributed by atoms with E-state index in [4.69, 9.17) is 4.74 Å². The molecule has 18 heavy (non-hydrogen) atoms. The monoisotopic (exact) mass is 256 g/mol. The van der Waals surface area contributed by atoms with Gasteiger partial charge in [-0.05, 0) is 31.5 Å². The van der Waals surface area contributed by atoms with Crippen LogP contribution in [-0.2, 0) is 0 Å². The smallest absolute Gasteiger partial charge is 0.248 e. The molecule has 2 rings (SSSR count). The lowest BCUT2D eigenvalue weighted by Gasteiger charge is -2.24. The molecule has 0 saturated heterocycles. The number of hydrogen-bond donors (Lipinski definition) is 1. The van der Waals surface area contributed by atoms with Crippen LogP contribution in [0, 0.1) is 5.92 Å². The Bertz CT molecular complexity index is 412. The van der Waals surface area contributed by atoms with Gasteiger partial charge in [-0.3, -0.25) is 4.98 Å². The van der Waals surface area contributed by atoms with Crippen LogP contribution in [0.4, 0.5) is 8.78 Å². The van der Waals surface area contributed by atoms with Crippen LogP contribution in [-0.4, -0.2) is 25.1 Å². The summed E-state index contributed by atoms with van der Waals surface area (Å²) in [5.74, 6) is -2.00. The maximum Gasteiger partial charge on any atom is 0.248 e. The Hall–Kier alpha value is -1.23. The predicted molar refractivity (Wildman–Crippen MR) is 64.9 cm³/mol. The van der Waals surface area contributed by atoms with Crippen molar-refractivity contribution < 1.29 is 13.5 Å². The molecule has 2 unspecified atom stereocenters. The van der Waals surface area contributed by atoms with Gasteiger partial charge in [0.15, 0.2) is 0 Å². The number of hydrogen-bond acceptors (Lipinski definition) is 3. The van der Waals surface area contributed by atoms with E-state index in [1.54, 1.807) is 32.5 Å². The highest BCUT2D eigenvalue weighted by molar-refractivity contribution is 5.30. The van der Waals surface area contributed by atoms with Crippen LogP contribution >= 0.6 is 0 Å². The standard InChI is InChI=1S/C13H18F2N2O/c1-16-11(9-5-6-13(14,15)8-9)12-10(18-2)4-3-7-17-12/h3-4,7,9,11,16H,5-6,8H2,1-2H3. The Kier molecular flexibility index (Phi) is 3.80. The minimum atomic E-state index is -2.54. The minimum Gasteiger partial charge on any atom is -0.495 e. The zero-order valence-corrected chi connectivity index (χ0v) is 10.6. The first-order valence-corrected chi connectivity index (χ1v) is 6.11. The summed E-state index contributed by atoms with van der Waals surface area (Å²) in [4.78, 5) is 4.28. The highest BCUT2D eigenvalue weighted by atomic mass is 19.3. The molecule has 1 heterocycles. The maximum atomic E-state index is 13.3. The Balaban J connectivity index is 2.23. The normalized spacial score (nSPS) is 23.9. The predicted octanol–water partition coefficient (Wildman–Crippen LogP) is 2.79. The first-order valence-electron chi connectivity index (χ1n) is 6.11. The molecule has 0 spiro atoms. The van der Waals surface area contributed by atoms with Crippen molar-refractivity contribution in [2.45, 2.75) is 31.2 Å². The number of halogens is 2. The molecule has 1 aromatic rings. The summed E-state index contributed by atoms with van der Waals surface area (Å²) in [5, 5.41) is 3.10. The van der Waals surface area contributed by atoms with Crippen LogP contribution in [0.1, 0.15) is 31.0 Å². The van der Waals surface area contributed by atoms with Gasteiger partial charge in [-0.1, -0.05) is 0 Å². The van der Waals surface area contributed by atoms with Crippen molar-refractivity contribution in [3.8, 4) is 5.75 Å². The number of rotatable bonds is 4. The SMILES string of the molecule is CNC(c1ncccc1OC)C1CCC(F)(F)C1. The molecule has 0 amide bonds. The van der Waals surface area contributed by atoms with Crippen LogP contribution in [0.25, 0.3) is 0 Å². The Morgan fingerprint density at radius 1 is 1.56 bits per heavy atom. The van der Waals surface area contributed by atoms with E-state index in [1.165, 1.54) is 0 Å². The number of ether oxygens (including phenoxy) is 1. The average molecular weight is 256 g/mol. The number of alkyl halides is 2. The molecule has 3 nitrogen and oxygen atoms in total. The summed E-state index contributed by atoms with van der Waals surface area (Å²) in [6, 6.07) is 3.40. The van der Waals surface area contributed by atoms with E-state index in [-0.39, 0.29) is 24.8 Å². The van der Waals surface area contributed by atoms with E-state index < -0.39 is 5.92 Å². The summed E-state index contributed by atoms with van der Waals surface area (Å²) in [7, 11) is 3.34. The summed E-state index contributed by atoms with van der Waals surface area (Å²) in [6.07, 6.45) is 2.05. The third-order valence-corrected chi connectivity index (χ3v) is 3.54. The fourth-order valence-electron chi connectivity index (χ4n) is 2.67. The van der Waals surface area contributed by atoms with Crippen molar-refractivity contribution in [3.63, 3.8) is 0 Å². The molecule has 1 fully saturated rings. The highest BCUT2D eigenvalue weighted by Gasteiger charge is 2.43. The average Bonchev–Trinajstić information content (AvgIpc) is 2.71. The third-order valence-electron chi connectivity index (χ3n) is 3.54. The molecule has 1 saturated carbocycles. The van der Waals surface area contributed by atoms with Gasteiger partial charge in [-0.25, -0.2) is 8.78 Å². The van der Waals surface area contributed by atoms with Crippen molar-refractivity contribution in [2.75, 3.05) is 14.2 Å². The molecule has 100 valence electrons. The number of pyridine rings is 1. The van der Waals surface area contributed by atoms with Gasteiger partial charge < -0.3 is 10.1 Å². The first kappa shape index (κ1) is 13.2. The molecular formula is C13H18F2N2O. The lowest BCUT2D eigenvalue weighted by molar-refractivity contribution is 0.00328. The van der Waals surface area contributed by atoms with E-state index >= 15 is 0 Å². The van der Waals surface area contributed by atoms with Crippen molar-refractivity contribution >= 4 is 0 Å². The van der Waals surface area contributed by atoms with Gasteiger partial charge in [0.25, 0.3) is 0 Å². The molecule has 1 aliphatic rings. The van der Waals surface area contributed by atoms with Gasteiger partial charge in [0.1, 0.15) is 5.75 Å². The van der Waals surface area contributed by atoms with Gasteiger partial charge in [-0.2, -0.15) is 0 Å². The van der Waals surface area contributed by atoms with E-state index in [1.807, 2.05) is 0 Å². The van der Waals surface area contributed by atoms with E-state index in [0.717, 1.165) is 0 Å². The van der Waals surface area contributed by atoms with Crippen molar-refractivity contribution in [1.82, 2.24) is 10.3 Å². The summed E-state index contributed by atoms with van der Waals surface area (Å²) in [5.41, 5.74) is 0.713. The van der Waals surface area contributed by atoms with E-state index in [2.05, 4.69) is 10.3 Å². The second-order valence-corrected chi connectivity index (χ2v) is 4.72. The fraction of sp³-hybridized carbons (Fsp3) is 0.615. The molecule has 2 atom stereocenters. The largest absolute Gasteiger partial charge is 0.495 e. The third kappa shape index (κ3) is 2.61. The van der Waals surface area contributed by atoms with E-state index in [0.29, 0.717) is 17.9 Å². The Labute approximate surface area is 106 Å². The van der Waals surface area contributed by atoms with Crippen molar-refractivity contribution in [1.29, 1.82) is 0 Å². The lowest BCUT2D eigenvalue weighted by atomic mass is 9.94. The van der Waals surface area contributed by atoms with Crippen LogP contribution in [0.3, 0.4) is 0 Å². The van der Waals surface area contributed by atoms with Crippen LogP contribution in [0.5, 0.6) is 5.75 Å². The molecule has 1 aromatic heterocycles. The van der Waals surface area contributed by atoms with Crippen molar-refractivity contribution in [3.05, 3.63) is 24.0 Å². The molecule has 1 N–H and O–H groups in total. The van der Waals surface area contributed by atoms with Gasteiger partial charge in [0.2, 0.25) is 5.92 Å². The molecule has 0 bridgehead atoms. The quantitative estimate of drug-likeness (QED) is 0.899. The second kappa shape index (κ2) is 5.18. The number of aromatic nitrogens is 1. The minimum absolute atomic E-state index is 0.0367.